The molecular formula is C19H23NO2S. The molecule has 23 heavy (non-hydrogen) atoms. The van der Waals surface area contributed by atoms with Gasteiger partial charge in [-0.1, -0.05) is 31.2 Å². The number of anilines is 1. The second-order valence-corrected chi connectivity index (χ2v) is 6.59. The first-order chi connectivity index (χ1) is 11.1. The summed E-state index contributed by atoms with van der Waals surface area (Å²) in [6, 6.07) is 14.0. The molecule has 0 aliphatic heterocycles. The van der Waals surface area contributed by atoms with Crippen molar-refractivity contribution in [3.63, 3.8) is 0 Å². The molecule has 2 rings (SSSR count). The van der Waals surface area contributed by atoms with E-state index in [9.17, 15) is 4.79 Å². The Bertz CT molecular complexity index is 670. The Morgan fingerprint density at radius 3 is 2.70 bits per heavy atom. The van der Waals surface area contributed by atoms with Crippen molar-refractivity contribution in [1.82, 2.24) is 0 Å². The summed E-state index contributed by atoms with van der Waals surface area (Å²) in [4.78, 5) is 13.3. The molecule has 0 unspecified atom stereocenters. The molecule has 3 nitrogen and oxygen atoms in total. The number of aryl methyl sites for hydroxylation is 2. The fourth-order valence-electron chi connectivity index (χ4n) is 2.42. The van der Waals surface area contributed by atoms with E-state index in [0.29, 0.717) is 6.42 Å². The van der Waals surface area contributed by atoms with E-state index in [1.807, 2.05) is 43.3 Å². The highest BCUT2D eigenvalue weighted by molar-refractivity contribution is 7.99. The van der Waals surface area contributed by atoms with Gasteiger partial charge in [0, 0.05) is 11.3 Å². The van der Waals surface area contributed by atoms with E-state index in [4.69, 9.17) is 4.74 Å². The lowest BCUT2D eigenvalue weighted by molar-refractivity contribution is -0.116. The van der Waals surface area contributed by atoms with Crippen LogP contribution in [0, 0.1) is 6.92 Å². The molecule has 0 heterocycles. The van der Waals surface area contributed by atoms with E-state index in [2.05, 4.69) is 18.3 Å². The summed E-state index contributed by atoms with van der Waals surface area (Å²) >= 11 is 1.74. The smallest absolute Gasteiger partial charge is 0.224 e. The lowest BCUT2D eigenvalue weighted by Gasteiger charge is -2.10. The zero-order valence-corrected chi connectivity index (χ0v) is 14.7. The van der Waals surface area contributed by atoms with Gasteiger partial charge in [-0.15, -0.1) is 11.8 Å². The molecular weight excluding hydrogens is 306 g/mol. The molecule has 2 aromatic carbocycles. The quantitative estimate of drug-likeness (QED) is 0.749. The van der Waals surface area contributed by atoms with Crippen molar-refractivity contribution in [2.24, 2.45) is 0 Å². The van der Waals surface area contributed by atoms with Crippen LogP contribution in [0.2, 0.25) is 0 Å². The van der Waals surface area contributed by atoms with Gasteiger partial charge < -0.3 is 10.1 Å². The molecule has 0 spiro atoms. The largest absolute Gasteiger partial charge is 0.496 e. The van der Waals surface area contributed by atoms with Gasteiger partial charge in [0.05, 0.1) is 12.8 Å². The van der Waals surface area contributed by atoms with Gasteiger partial charge in [0.15, 0.2) is 0 Å². The molecule has 0 radical (unpaired) electrons. The summed E-state index contributed by atoms with van der Waals surface area (Å²) in [5.41, 5.74) is 3.14. The van der Waals surface area contributed by atoms with Crippen LogP contribution in [0.1, 0.15) is 24.5 Å². The minimum Gasteiger partial charge on any atom is -0.496 e. The fourth-order valence-corrected chi connectivity index (χ4v) is 3.18. The van der Waals surface area contributed by atoms with Gasteiger partial charge in [-0.2, -0.15) is 0 Å². The van der Waals surface area contributed by atoms with E-state index in [1.165, 1.54) is 0 Å². The second-order valence-electron chi connectivity index (χ2n) is 5.28. The lowest BCUT2D eigenvalue weighted by Crippen LogP contribution is -2.13. The van der Waals surface area contributed by atoms with Crippen LogP contribution < -0.4 is 10.1 Å². The molecule has 1 amide bonds. The number of carbonyl (C=O) groups is 1. The highest BCUT2D eigenvalue weighted by Crippen LogP contribution is 2.26. The predicted octanol–water partition coefficient (Wildman–Crippen LogP) is 4.69. The number of ether oxygens (including phenoxy) is 1. The molecule has 1 N–H and O–H groups in total. The minimum absolute atomic E-state index is 0.0441. The monoisotopic (exact) mass is 329 g/mol. The Hall–Kier alpha value is -1.94. The highest BCUT2D eigenvalue weighted by atomic mass is 32.2. The normalized spacial score (nSPS) is 10.4. The van der Waals surface area contributed by atoms with Gasteiger partial charge in [-0.05, 0) is 48.4 Å². The van der Waals surface area contributed by atoms with Crippen molar-refractivity contribution in [2.75, 3.05) is 18.2 Å². The zero-order chi connectivity index (χ0) is 16.7. The Morgan fingerprint density at radius 2 is 2.00 bits per heavy atom. The first-order valence-corrected chi connectivity index (χ1v) is 8.77. The average Bonchev–Trinajstić information content (AvgIpc) is 2.55. The van der Waals surface area contributed by atoms with Crippen LogP contribution in [0.15, 0.2) is 47.4 Å². The summed E-state index contributed by atoms with van der Waals surface area (Å²) in [7, 11) is 1.67. The number of carbonyl (C=O) groups excluding carboxylic acids is 1. The Balaban J connectivity index is 1.94. The summed E-state index contributed by atoms with van der Waals surface area (Å²) in [6.07, 6.45) is 1.19. The molecule has 4 heteroatoms. The number of para-hydroxylation sites is 1. The first-order valence-electron chi connectivity index (χ1n) is 7.79. The standard InChI is InChI=1S/C19H23NO2S/c1-4-23-18-8-6-5-7-16(18)20-19(21)12-10-15-9-11-17(22-3)14(2)13-15/h5-9,11,13H,4,10,12H2,1-3H3,(H,20,21). The summed E-state index contributed by atoms with van der Waals surface area (Å²) in [6.45, 7) is 4.12. The number of thioether (sulfide) groups is 1. The molecule has 122 valence electrons. The highest BCUT2D eigenvalue weighted by Gasteiger charge is 2.08. The van der Waals surface area contributed by atoms with Crippen molar-refractivity contribution < 1.29 is 9.53 Å². The van der Waals surface area contributed by atoms with Crippen molar-refractivity contribution in [3.8, 4) is 5.75 Å². The maximum Gasteiger partial charge on any atom is 0.224 e. The summed E-state index contributed by atoms with van der Waals surface area (Å²) < 4.78 is 5.26. The van der Waals surface area contributed by atoms with Crippen molar-refractivity contribution in [2.45, 2.75) is 31.6 Å². The van der Waals surface area contributed by atoms with Crippen LogP contribution >= 0.6 is 11.8 Å². The van der Waals surface area contributed by atoms with E-state index >= 15 is 0 Å². The number of nitrogens with one attached hydrogen (secondary N) is 1. The molecule has 0 atom stereocenters. The Labute approximate surface area is 142 Å². The van der Waals surface area contributed by atoms with Crippen molar-refractivity contribution in [1.29, 1.82) is 0 Å². The SMILES string of the molecule is CCSc1ccccc1NC(=O)CCc1ccc(OC)c(C)c1. The van der Waals surface area contributed by atoms with Crippen LogP contribution in [0.4, 0.5) is 5.69 Å². The van der Waals surface area contributed by atoms with Gasteiger partial charge in [0.25, 0.3) is 0 Å². The maximum absolute atomic E-state index is 12.2. The Kier molecular flexibility index (Phi) is 6.53. The molecule has 0 aliphatic rings. The van der Waals surface area contributed by atoms with Crippen molar-refractivity contribution >= 4 is 23.4 Å². The van der Waals surface area contributed by atoms with Crippen LogP contribution in [0.25, 0.3) is 0 Å². The molecule has 0 aromatic heterocycles. The second kappa shape index (κ2) is 8.63. The van der Waals surface area contributed by atoms with E-state index in [0.717, 1.165) is 39.6 Å². The molecule has 0 saturated heterocycles. The van der Waals surface area contributed by atoms with E-state index < -0.39 is 0 Å². The molecule has 2 aromatic rings. The number of amides is 1. The molecule has 0 saturated carbocycles. The van der Waals surface area contributed by atoms with Gasteiger partial charge in [-0.3, -0.25) is 4.79 Å². The first kappa shape index (κ1) is 17.4. The fraction of sp³-hybridized carbons (Fsp3) is 0.316. The number of hydrogen-bond acceptors (Lipinski definition) is 3. The third kappa shape index (κ3) is 5.03. The molecule has 0 bridgehead atoms. The van der Waals surface area contributed by atoms with Crippen LogP contribution in [-0.4, -0.2) is 18.8 Å². The average molecular weight is 329 g/mol. The topological polar surface area (TPSA) is 38.3 Å². The molecule has 0 aliphatic carbocycles. The number of benzene rings is 2. The lowest BCUT2D eigenvalue weighted by atomic mass is 10.1. The van der Waals surface area contributed by atoms with E-state index in [-0.39, 0.29) is 5.91 Å². The zero-order valence-electron chi connectivity index (χ0n) is 13.9. The van der Waals surface area contributed by atoms with Crippen LogP contribution in [0.5, 0.6) is 5.75 Å². The number of methoxy groups -OCH3 is 1. The molecule has 0 fully saturated rings. The van der Waals surface area contributed by atoms with Gasteiger partial charge in [0.2, 0.25) is 5.91 Å². The maximum atomic E-state index is 12.2. The third-order valence-corrected chi connectivity index (χ3v) is 4.52. The van der Waals surface area contributed by atoms with Crippen LogP contribution in [0.3, 0.4) is 0 Å². The summed E-state index contributed by atoms with van der Waals surface area (Å²) in [5, 5.41) is 3.02. The third-order valence-electron chi connectivity index (χ3n) is 3.56. The predicted molar refractivity (Wildman–Crippen MR) is 97.5 cm³/mol. The van der Waals surface area contributed by atoms with Gasteiger partial charge >= 0.3 is 0 Å². The number of rotatable bonds is 7. The van der Waals surface area contributed by atoms with Crippen molar-refractivity contribution in [3.05, 3.63) is 53.6 Å². The summed E-state index contributed by atoms with van der Waals surface area (Å²) in [5.74, 6) is 1.91. The van der Waals surface area contributed by atoms with E-state index in [1.54, 1.807) is 18.9 Å². The minimum atomic E-state index is 0.0441. The van der Waals surface area contributed by atoms with Crippen LogP contribution in [-0.2, 0) is 11.2 Å². The number of hydrogen-bond donors (Lipinski definition) is 1. The van der Waals surface area contributed by atoms with Gasteiger partial charge in [-0.25, -0.2) is 0 Å². The van der Waals surface area contributed by atoms with Gasteiger partial charge in [0.1, 0.15) is 5.75 Å². The Morgan fingerprint density at radius 1 is 1.22 bits per heavy atom.